The number of benzene rings is 10. The van der Waals surface area contributed by atoms with E-state index in [-0.39, 0.29) is 49.2 Å². The van der Waals surface area contributed by atoms with E-state index in [0.29, 0.717) is 16.5 Å². The van der Waals surface area contributed by atoms with Gasteiger partial charge in [0.25, 0.3) is 0 Å². The van der Waals surface area contributed by atoms with Crippen molar-refractivity contribution in [1.29, 1.82) is 0 Å². The van der Waals surface area contributed by atoms with Crippen molar-refractivity contribution in [2.24, 2.45) is 0 Å². The third kappa shape index (κ3) is 11.8. The SMILES string of the molecule is FC(F)(F)C(F)(F)C(F)(F)C(F)(F)C(F)(F)C(F)(F)CCc1ccc2c(ccc3op(Oc4ccc5ccccc5c4-c4c(P(c5ccccc5)c5ccccc5)ccc5ccccc45)oc4ccc5cc(CCC(F)(F)C(F)(F)C(F)(F)C(F)(F)C(F)(F)C(F)(F)F)ccc5c4c32)c1. The van der Waals surface area contributed by atoms with E-state index in [1.165, 1.54) is 24.3 Å². The zero-order chi connectivity index (χ0) is 72.3. The van der Waals surface area contributed by atoms with Gasteiger partial charge >= 0.3 is 79.8 Å². The van der Waals surface area contributed by atoms with Crippen LogP contribution in [0.15, 0.2) is 203 Å². The van der Waals surface area contributed by atoms with Crippen molar-refractivity contribution in [2.75, 3.05) is 0 Å². The highest BCUT2D eigenvalue weighted by molar-refractivity contribution is 7.80. The van der Waals surface area contributed by atoms with Crippen LogP contribution in [0.1, 0.15) is 24.0 Å². The predicted molar refractivity (Wildman–Crippen MR) is 321 cm³/mol. The lowest BCUT2D eigenvalue weighted by molar-refractivity contribution is -0.440. The zero-order valence-corrected chi connectivity index (χ0v) is 51.0. The number of halogens is 26. The van der Waals surface area contributed by atoms with Crippen molar-refractivity contribution >= 4 is 97.1 Å². The fourth-order valence-corrected chi connectivity index (χ4v) is 14.9. The molecule has 0 amide bonds. The summed E-state index contributed by atoms with van der Waals surface area (Å²) in [6.45, 7) is 0. The molecule has 0 saturated carbocycles. The summed E-state index contributed by atoms with van der Waals surface area (Å²) in [5.74, 6) is -76.3. The summed E-state index contributed by atoms with van der Waals surface area (Å²) in [7, 11) is -4.28. The molecule has 0 fully saturated rings. The minimum atomic E-state index is -8.15. The van der Waals surface area contributed by atoms with E-state index in [2.05, 4.69) is 0 Å². The maximum Gasteiger partial charge on any atom is 0.460 e. The molecule has 0 bridgehead atoms. The molecule has 1 heterocycles. The molecule has 0 unspecified atom stereocenters. The second kappa shape index (κ2) is 24.7. The molecule has 1 aromatic heterocycles. The number of fused-ring (bicyclic) bond motifs is 9. The van der Waals surface area contributed by atoms with Gasteiger partial charge in [-0.15, -0.1) is 0 Å². The van der Waals surface area contributed by atoms with Gasteiger partial charge in [0.2, 0.25) is 0 Å². The maximum atomic E-state index is 15.2. The van der Waals surface area contributed by atoms with Gasteiger partial charge in [-0.25, -0.2) is 0 Å². The van der Waals surface area contributed by atoms with Gasteiger partial charge < -0.3 is 12.9 Å². The molecule has 11 rings (SSSR count). The molecule has 99 heavy (non-hydrogen) atoms. The highest BCUT2D eigenvalue weighted by Gasteiger charge is 2.92. The van der Waals surface area contributed by atoms with Crippen LogP contribution in [0.25, 0.3) is 76.2 Å². The Morgan fingerprint density at radius 2 is 0.667 bits per heavy atom. The first kappa shape index (κ1) is 71.8. The molecule has 0 aliphatic heterocycles. The Morgan fingerprint density at radius 1 is 0.313 bits per heavy atom. The fraction of sp³-hybridized carbons (Fsp3) is 0.235. The van der Waals surface area contributed by atoms with Gasteiger partial charge in [0, 0.05) is 34.7 Å². The molecule has 0 radical (unpaired) electrons. The Bertz CT molecular complexity index is 4700. The third-order valence-electron chi connectivity index (χ3n) is 16.6. The molecule has 0 N–H and O–H groups in total. The Morgan fingerprint density at radius 3 is 1.07 bits per heavy atom. The standard InChI is InChI=1S/C68H40F26O3P2/c69-57(70,59(73,74)61(77,78)63(81,82)65(85,86)67(89,90)91)33-31-37-19-25-47-41(35-37)22-28-49-53(47)54-48-26-20-38(32-34-58(71,72)60(75,76)62(79,80)64(83,84)66(87,88)68(92,93)94)36-42(48)23-29-50(54)96-99(95-49)97-51-27-21-39-11-7-9-17-45(39)55(51)56-46-18-10-8-12-40(46)24-30-52(56)98(43-13-3-1-4-14-43)44-15-5-2-6-16-44/h1-30,35-36H,31-34H2. The van der Waals surface area contributed by atoms with E-state index < -0.39 is 125 Å². The summed E-state index contributed by atoms with van der Waals surface area (Å²) in [5, 5.41) is 5.10. The summed E-state index contributed by atoms with van der Waals surface area (Å²) in [6.07, 6.45) is -23.5. The molecule has 0 aliphatic carbocycles. The Kier molecular flexibility index (Phi) is 17.9. The molecule has 0 saturated heterocycles. The summed E-state index contributed by atoms with van der Waals surface area (Å²) in [5.41, 5.74) is -0.253. The van der Waals surface area contributed by atoms with Crippen molar-refractivity contribution in [3.8, 4) is 16.9 Å². The largest absolute Gasteiger partial charge is 0.460 e. The summed E-state index contributed by atoms with van der Waals surface area (Å²) in [4.78, 5) is 0. The van der Waals surface area contributed by atoms with E-state index in [9.17, 15) is 96.6 Å². The molecular weight excluding hydrogens is 1420 g/mol. The number of aryl methyl sites for hydroxylation is 2. The first-order valence-corrected chi connectivity index (χ1v) is 31.2. The number of hydrogen-bond acceptors (Lipinski definition) is 3. The highest BCUT2D eigenvalue weighted by Crippen LogP contribution is 2.63. The van der Waals surface area contributed by atoms with Gasteiger partial charge in [-0.2, -0.15) is 114 Å². The quantitative estimate of drug-likeness (QED) is 0.0563. The molecule has 0 atom stereocenters. The second-order valence-electron chi connectivity index (χ2n) is 22.8. The topological polar surface area (TPSA) is 35.5 Å². The van der Waals surface area contributed by atoms with Crippen LogP contribution in [-0.2, 0) is 12.8 Å². The predicted octanol–water partition coefficient (Wildman–Crippen LogP) is 23.5. The van der Waals surface area contributed by atoms with Gasteiger partial charge in [0.15, 0.2) is 0 Å². The molecule has 522 valence electrons. The Labute approximate surface area is 541 Å². The monoisotopic (exact) mass is 1460 g/mol. The molecule has 11 aromatic rings. The van der Waals surface area contributed by atoms with Crippen LogP contribution in [0.5, 0.6) is 5.75 Å². The molecule has 31 heteroatoms. The van der Waals surface area contributed by atoms with Crippen molar-refractivity contribution in [2.45, 2.75) is 97.3 Å². The van der Waals surface area contributed by atoms with E-state index in [1.807, 2.05) is 109 Å². The molecule has 10 aromatic carbocycles. The number of alkyl halides is 26. The Balaban J connectivity index is 1.07. The van der Waals surface area contributed by atoms with Crippen LogP contribution < -0.4 is 20.4 Å². The molecule has 0 spiro atoms. The normalized spacial score (nSPS) is 14.0. The minimum Gasteiger partial charge on any atom is -0.390 e. The van der Waals surface area contributed by atoms with Crippen LogP contribution >= 0.6 is 16.2 Å². The lowest BCUT2D eigenvalue weighted by Crippen LogP contribution is -2.70. The zero-order valence-electron chi connectivity index (χ0n) is 49.2. The second-order valence-corrected chi connectivity index (χ2v) is 26.0. The Hall–Kier alpha value is -8.45. The lowest BCUT2D eigenvalue weighted by Gasteiger charge is -2.39. The highest BCUT2D eigenvalue weighted by atomic mass is 31.1. The van der Waals surface area contributed by atoms with Crippen molar-refractivity contribution in [1.82, 2.24) is 0 Å². The van der Waals surface area contributed by atoms with Gasteiger partial charge in [0.1, 0.15) is 16.9 Å². The molecule has 0 aliphatic rings. The third-order valence-corrected chi connectivity index (χ3v) is 20.2. The van der Waals surface area contributed by atoms with E-state index in [0.717, 1.165) is 68.5 Å². The van der Waals surface area contributed by atoms with E-state index in [1.54, 1.807) is 24.3 Å². The van der Waals surface area contributed by atoms with E-state index >= 15 is 17.6 Å². The van der Waals surface area contributed by atoms with Crippen LogP contribution in [-0.4, -0.2) is 71.6 Å². The first-order chi connectivity index (χ1) is 45.9. The van der Waals surface area contributed by atoms with Gasteiger partial charge in [0.05, 0.1) is 0 Å². The van der Waals surface area contributed by atoms with E-state index in [4.69, 9.17) is 12.9 Å². The smallest absolute Gasteiger partial charge is 0.390 e. The fourth-order valence-electron chi connectivity index (χ4n) is 11.4. The van der Waals surface area contributed by atoms with Crippen molar-refractivity contribution < 1.29 is 127 Å². The number of hydrogen-bond donors (Lipinski definition) is 0. The lowest BCUT2D eigenvalue weighted by atomic mass is 9.90. The van der Waals surface area contributed by atoms with Crippen molar-refractivity contribution in [3.63, 3.8) is 0 Å². The maximum absolute atomic E-state index is 15.2. The van der Waals surface area contributed by atoms with Crippen LogP contribution in [0, 0.1) is 0 Å². The average Bonchev–Trinajstić information content (AvgIpc) is 1.09. The number of rotatable bonds is 20. The van der Waals surface area contributed by atoms with Gasteiger partial charge in [-0.3, -0.25) is 0 Å². The molecular formula is C68H40F26O3P2. The summed E-state index contributed by atoms with van der Waals surface area (Å²) in [6, 6.07) is 51.8. The minimum absolute atomic E-state index is 0.0511. The van der Waals surface area contributed by atoms with Gasteiger partial charge in [-0.05, 0) is 109 Å². The van der Waals surface area contributed by atoms with Crippen LogP contribution in [0.2, 0.25) is 0 Å². The summed E-state index contributed by atoms with van der Waals surface area (Å²) < 4.78 is 386. The van der Waals surface area contributed by atoms with Crippen LogP contribution in [0.3, 0.4) is 0 Å². The van der Waals surface area contributed by atoms with Gasteiger partial charge in [-0.1, -0.05) is 176 Å². The average molecular weight is 1460 g/mol. The first-order valence-electron chi connectivity index (χ1n) is 28.8. The molecule has 3 nitrogen and oxygen atoms in total. The van der Waals surface area contributed by atoms with Crippen LogP contribution in [0.4, 0.5) is 114 Å². The summed E-state index contributed by atoms with van der Waals surface area (Å²) >= 11 is 0. The van der Waals surface area contributed by atoms with Crippen molar-refractivity contribution in [3.05, 3.63) is 205 Å².